The van der Waals surface area contributed by atoms with Gasteiger partial charge in [-0.25, -0.2) is 9.79 Å². The van der Waals surface area contributed by atoms with Gasteiger partial charge in [0, 0.05) is 0 Å². The molecule has 0 saturated carbocycles. The van der Waals surface area contributed by atoms with Crippen molar-refractivity contribution in [2.75, 3.05) is 7.11 Å². The minimum absolute atomic E-state index is 0.437. The predicted octanol–water partition coefficient (Wildman–Crippen LogP) is 2.00. The fraction of sp³-hybridized carbons (Fsp3) is 0.200. The molecule has 0 unspecified atom stereocenters. The fourth-order valence-electron chi connectivity index (χ4n) is 1.06. The highest BCUT2D eigenvalue weighted by Gasteiger charge is 2.19. The average molecular weight is 207 g/mol. The van der Waals surface area contributed by atoms with E-state index in [9.17, 15) is 4.79 Å². The maximum absolute atomic E-state index is 11.3. The first kappa shape index (κ1) is 10.6. The van der Waals surface area contributed by atoms with Crippen LogP contribution in [-0.4, -0.2) is 18.2 Å². The van der Waals surface area contributed by atoms with E-state index >= 15 is 0 Å². The molecule has 0 fully saturated rings. The molecule has 1 rings (SSSR count). The summed E-state index contributed by atoms with van der Waals surface area (Å²) in [6.07, 6.45) is 0. The first-order valence-electron chi connectivity index (χ1n) is 3.99. The highest BCUT2D eigenvalue weighted by molar-refractivity contribution is 7.78. The maximum Gasteiger partial charge on any atom is 0.336 e. The number of rotatable bonds is 3. The number of nitrogens with zero attached hydrogens (tertiary/aromatic N) is 1. The summed E-state index contributed by atoms with van der Waals surface area (Å²) in [5, 5.41) is 2.19. The molecule has 3 nitrogen and oxygen atoms in total. The van der Waals surface area contributed by atoms with E-state index in [0.29, 0.717) is 0 Å². The summed E-state index contributed by atoms with van der Waals surface area (Å²) in [6, 6.07) is 8.39. The second kappa shape index (κ2) is 5.27. The number of benzene rings is 1. The Balaban J connectivity index is 3.00. The average Bonchev–Trinajstić information content (AvgIpc) is 2.26. The third kappa shape index (κ3) is 2.49. The molecule has 0 aliphatic heterocycles. The molecular weight excluding hydrogens is 198 g/mol. The van der Waals surface area contributed by atoms with Gasteiger partial charge in [-0.3, -0.25) is 0 Å². The van der Waals surface area contributed by atoms with Crippen molar-refractivity contribution in [1.82, 2.24) is 0 Å². The molecule has 0 N–H and O–H groups in total. The minimum Gasteiger partial charge on any atom is -0.467 e. The number of ether oxygens (including phenoxy) is 1. The number of carbonyl (C=O) groups is 1. The Morgan fingerprint density at radius 1 is 1.50 bits per heavy atom. The van der Waals surface area contributed by atoms with Gasteiger partial charge in [-0.1, -0.05) is 30.3 Å². The van der Waals surface area contributed by atoms with Crippen molar-refractivity contribution < 1.29 is 9.53 Å². The molecular formula is C10H9NO2S. The molecule has 0 spiro atoms. The summed E-state index contributed by atoms with van der Waals surface area (Å²) in [6.45, 7) is 0. The summed E-state index contributed by atoms with van der Waals surface area (Å²) in [4.78, 5) is 15.1. The zero-order valence-corrected chi connectivity index (χ0v) is 8.45. The van der Waals surface area contributed by atoms with Crippen LogP contribution in [0.15, 0.2) is 35.3 Å². The monoisotopic (exact) mass is 207 g/mol. The Bertz CT molecular complexity index is 358. The number of hydrogen-bond donors (Lipinski definition) is 0. The van der Waals surface area contributed by atoms with E-state index < -0.39 is 12.0 Å². The molecule has 0 heterocycles. The van der Waals surface area contributed by atoms with Crippen molar-refractivity contribution in [3.05, 3.63) is 35.9 Å². The lowest BCUT2D eigenvalue weighted by Gasteiger charge is -2.07. The lowest BCUT2D eigenvalue weighted by Crippen LogP contribution is -2.11. The van der Waals surface area contributed by atoms with E-state index in [0.717, 1.165) is 5.56 Å². The van der Waals surface area contributed by atoms with Gasteiger partial charge in [0.05, 0.1) is 12.3 Å². The van der Waals surface area contributed by atoms with Crippen molar-refractivity contribution in [1.29, 1.82) is 0 Å². The molecule has 0 aromatic heterocycles. The maximum atomic E-state index is 11.3. The third-order valence-corrected chi connectivity index (χ3v) is 1.83. The Kier molecular flexibility index (Phi) is 3.98. The van der Waals surface area contributed by atoms with Gasteiger partial charge >= 0.3 is 5.97 Å². The van der Waals surface area contributed by atoms with Crippen LogP contribution in [0.3, 0.4) is 0 Å². The molecule has 0 saturated heterocycles. The molecule has 0 amide bonds. The Morgan fingerprint density at radius 2 is 2.14 bits per heavy atom. The number of methoxy groups -OCH3 is 1. The van der Waals surface area contributed by atoms with Gasteiger partial charge in [-0.05, 0) is 17.8 Å². The molecule has 1 aromatic carbocycles. The van der Waals surface area contributed by atoms with Crippen LogP contribution < -0.4 is 0 Å². The third-order valence-electron chi connectivity index (χ3n) is 1.72. The molecule has 1 aromatic rings. The minimum atomic E-state index is -0.696. The second-order valence-corrected chi connectivity index (χ2v) is 2.74. The van der Waals surface area contributed by atoms with Crippen LogP contribution in [0, 0.1) is 0 Å². The number of isothiocyanates is 1. The summed E-state index contributed by atoms with van der Waals surface area (Å²) in [5.74, 6) is -0.437. The molecule has 0 radical (unpaired) electrons. The van der Waals surface area contributed by atoms with Crippen LogP contribution in [0.4, 0.5) is 0 Å². The van der Waals surface area contributed by atoms with E-state index in [4.69, 9.17) is 0 Å². The SMILES string of the molecule is COC(=O)[C@H](N=C=S)c1ccccc1. The highest BCUT2D eigenvalue weighted by Crippen LogP contribution is 2.17. The lowest BCUT2D eigenvalue weighted by molar-refractivity contribution is -0.142. The Morgan fingerprint density at radius 3 is 2.64 bits per heavy atom. The van der Waals surface area contributed by atoms with Gasteiger partial charge in [0.25, 0.3) is 0 Å². The highest BCUT2D eigenvalue weighted by atomic mass is 32.1. The number of hydrogen-bond acceptors (Lipinski definition) is 4. The molecule has 0 aliphatic rings. The number of carbonyl (C=O) groups excluding carboxylic acids is 1. The van der Waals surface area contributed by atoms with Gasteiger partial charge < -0.3 is 4.74 Å². The van der Waals surface area contributed by atoms with Crippen molar-refractivity contribution in [2.45, 2.75) is 6.04 Å². The smallest absolute Gasteiger partial charge is 0.336 e. The van der Waals surface area contributed by atoms with Crippen molar-refractivity contribution in [3.8, 4) is 0 Å². The van der Waals surface area contributed by atoms with Crippen molar-refractivity contribution in [3.63, 3.8) is 0 Å². The van der Waals surface area contributed by atoms with Gasteiger partial charge in [0.15, 0.2) is 6.04 Å². The van der Waals surface area contributed by atoms with Crippen LogP contribution in [0.1, 0.15) is 11.6 Å². The standard InChI is InChI=1S/C10H9NO2S/c1-13-10(12)9(11-7-14)8-5-3-2-4-6-8/h2-6,9H,1H3/t9-/m1/s1. The lowest BCUT2D eigenvalue weighted by atomic mass is 10.1. The zero-order chi connectivity index (χ0) is 10.4. The normalized spacial score (nSPS) is 11.2. The molecule has 1 atom stereocenters. The molecule has 4 heteroatoms. The van der Waals surface area contributed by atoms with E-state index in [2.05, 4.69) is 27.1 Å². The molecule has 0 aliphatic carbocycles. The van der Waals surface area contributed by atoms with Gasteiger partial charge in [-0.2, -0.15) is 0 Å². The van der Waals surface area contributed by atoms with Crippen LogP contribution in [0.2, 0.25) is 0 Å². The fourth-order valence-corrected chi connectivity index (χ4v) is 1.17. The van der Waals surface area contributed by atoms with E-state index in [1.54, 1.807) is 12.1 Å². The summed E-state index contributed by atoms with van der Waals surface area (Å²) in [5.41, 5.74) is 0.747. The first-order valence-corrected chi connectivity index (χ1v) is 4.40. The van der Waals surface area contributed by atoms with Crippen molar-refractivity contribution >= 4 is 23.3 Å². The van der Waals surface area contributed by atoms with Crippen molar-refractivity contribution in [2.24, 2.45) is 4.99 Å². The molecule has 72 valence electrons. The summed E-state index contributed by atoms with van der Waals surface area (Å²) >= 11 is 4.47. The van der Waals surface area contributed by atoms with Crippen LogP contribution >= 0.6 is 12.2 Å². The summed E-state index contributed by atoms with van der Waals surface area (Å²) < 4.78 is 4.60. The summed E-state index contributed by atoms with van der Waals surface area (Å²) in [7, 11) is 1.32. The number of aliphatic imine (C=N–C) groups is 1. The predicted molar refractivity (Wildman–Crippen MR) is 56.2 cm³/mol. The van der Waals surface area contributed by atoms with E-state index in [-0.39, 0.29) is 0 Å². The van der Waals surface area contributed by atoms with Gasteiger partial charge in [0.1, 0.15) is 0 Å². The van der Waals surface area contributed by atoms with E-state index in [1.807, 2.05) is 18.2 Å². The van der Waals surface area contributed by atoms with Crippen LogP contribution in [0.5, 0.6) is 0 Å². The second-order valence-electron chi connectivity index (χ2n) is 2.56. The largest absolute Gasteiger partial charge is 0.467 e. The zero-order valence-electron chi connectivity index (χ0n) is 7.64. The van der Waals surface area contributed by atoms with Crippen LogP contribution in [-0.2, 0) is 9.53 Å². The van der Waals surface area contributed by atoms with Gasteiger partial charge in [-0.15, -0.1) is 0 Å². The van der Waals surface area contributed by atoms with Gasteiger partial charge in [0.2, 0.25) is 0 Å². The number of esters is 1. The first-order chi connectivity index (χ1) is 6.79. The van der Waals surface area contributed by atoms with E-state index in [1.165, 1.54) is 7.11 Å². The number of thiocarbonyl (C=S) groups is 1. The quantitative estimate of drug-likeness (QED) is 0.432. The molecule has 0 bridgehead atoms. The topological polar surface area (TPSA) is 38.7 Å². The Labute approximate surface area is 87.4 Å². The molecule has 14 heavy (non-hydrogen) atoms. The van der Waals surface area contributed by atoms with Crippen LogP contribution in [0.25, 0.3) is 0 Å². The Hall–Kier alpha value is -1.51.